The average Bonchev–Trinajstić information content (AvgIpc) is 2.49. The van der Waals surface area contributed by atoms with Crippen molar-refractivity contribution in [3.05, 3.63) is 48.0 Å². The number of aromatic carboxylic acids is 1. The molecule has 2 unspecified atom stereocenters. The summed E-state index contributed by atoms with van der Waals surface area (Å²) in [6.07, 6.45) is 1.79. The first kappa shape index (κ1) is 16.8. The van der Waals surface area contributed by atoms with Gasteiger partial charge in [0.2, 0.25) is 0 Å². The van der Waals surface area contributed by atoms with Crippen LogP contribution < -0.4 is 5.32 Å². The van der Waals surface area contributed by atoms with Crippen molar-refractivity contribution in [3.63, 3.8) is 0 Å². The van der Waals surface area contributed by atoms with Crippen molar-refractivity contribution in [1.29, 1.82) is 0 Å². The Kier molecular flexibility index (Phi) is 6.46. The Morgan fingerprint density at radius 1 is 1.48 bits per heavy atom. The van der Waals surface area contributed by atoms with Gasteiger partial charge in [-0.25, -0.2) is 9.59 Å². The van der Waals surface area contributed by atoms with E-state index in [9.17, 15) is 9.59 Å². The van der Waals surface area contributed by atoms with Gasteiger partial charge in [-0.1, -0.05) is 45.1 Å². The second-order valence-corrected chi connectivity index (χ2v) is 4.83. The highest BCUT2D eigenvalue weighted by atomic mass is 16.5. The normalized spacial score (nSPS) is 13.0. The summed E-state index contributed by atoms with van der Waals surface area (Å²) in [5, 5.41) is 11.8. The summed E-state index contributed by atoms with van der Waals surface area (Å²) in [5.41, 5.74) is 0.946. The number of hydrogen-bond donors (Lipinski definition) is 2. The maximum Gasteiger partial charge on any atom is 0.407 e. The van der Waals surface area contributed by atoms with Gasteiger partial charge in [0, 0.05) is 0 Å². The minimum atomic E-state index is -0.992. The SMILES string of the molecule is C=CCOC(=O)NC(c1cccc(C(=O)O)c1)C(C)CC. The molecule has 0 aliphatic rings. The predicted octanol–water partition coefficient (Wildman–Crippen LogP) is 3.38. The zero-order valence-corrected chi connectivity index (χ0v) is 12.3. The van der Waals surface area contributed by atoms with E-state index in [4.69, 9.17) is 9.84 Å². The summed E-state index contributed by atoms with van der Waals surface area (Å²) >= 11 is 0. The van der Waals surface area contributed by atoms with Gasteiger partial charge in [-0.15, -0.1) is 0 Å². The van der Waals surface area contributed by atoms with Crippen LogP contribution in [0.5, 0.6) is 0 Å². The van der Waals surface area contributed by atoms with Crippen molar-refractivity contribution in [1.82, 2.24) is 5.32 Å². The fraction of sp³-hybridized carbons (Fsp3) is 0.375. The van der Waals surface area contributed by atoms with Crippen LogP contribution in [0.25, 0.3) is 0 Å². The van der Waals surface area contributed by atoms with Crippen LogP contribution in [0.4, 0.5) is 4.79 Å². The first-order chi connectivity index (χ1) is 9.99. The number of benzene rings is 1. The molecule has 2 atom stereocenters. The number of carbonyl (C=O) groups excluding carboxylic acids is 1. The molecule has 114 valence electrons. The van der Waals surface area contributed by atoms with Gasteiger partial charge >= 0.3 is 12.1 Å². The molecule has 0 heterocycles. The van der Waals surface area contributed by atoms with Gasteiger partial charge in [-0.05, 0) is 23.6 Å². The van der Waals surface area contributed by atoms with E-state index >= 15 is 0 Å². The molecule has 1 amide bonds. The van der Waals surface area contributed by atoms with Crippen LogP contribution in [-0.4, -0.2) is 23.8 Å². The molecule has 0 bridgehead atoms. The lowest BCUT2D eigenvalue weighted by Crippen LogP contribution is -2.33. The molecule has 0 fully saturated rings. The number of amides is 1. The Labute approximate surface area is 124 Å². The van der Waals surface area contributed by atoms with Crippen molar-refractivity contribution >= 4 is 12.1 Å². The molecule has 5 heteroatoms. The van der Waals surface area contributed by atoms with Crippen molar-refractivity contribution in [2.75, 3.05) is 6.61 Å². The number of carbonyl (C=O) groups is 2. The van der Waals surface area contributed by atoms with E-state index in [2.05, 4.69) is 11.9 Å². The number of rotatable bonds is 7. The van der Waals surface area contributed by atoms with Crippen LogP contribution in [0.2, 0.25) is 0 Å². The van der Waals surface area contributed by atoms with Crippen LogP contribution in [0.1, 0.15) is 42.2 Å². The van der Waals surface area contributed by atoms with E-state index in [0.29, 0.717) is 0 Å². The average molecular weight is 291 g/mol. The van der Waals surface area contributed by atoms with E-state index in [0.717, 1.165) is 12.0 Å². The molecule has 0 radical (unpaired) electrons. The van der Waals surface area contributed by atoms with Gasteiger partial charge in [0.25, 0.3) is 0 Å². The van der Waals surface area contributed by atoms with E-state index in [1.54, 1.807) is 18.2 Å². The zero-order chi connectivity index (χ0) is 15.8. The molecule has 0 saturated heterocycles. The number of ether oxygens (including phenoxy) is 1. The highest BCUT2D eigenvalue weighted by Gasteiger charge is 2.21. The van der Waals surface area contributed by atoms with E-state index in [-0.39, 0.29) is 24.1 Å². The van der Waals surface area contributed by atoms with Crippen LogP contribution in [0.15, 0.2) is 36.9 Å². The topological polar surface area (TPSA) is 75.6 Å². The maximum atomic E-state index is 11.7. The molecular weight excluding hydrogens is 270 g/mol. The standard InChI is InChI=1S/C16H21NO4/c1-4-9-21-16(20)17-14(11(3)5-2)12-7-6-8-13(10-12)15(18)19/h4,6-8,10-11,14H,1,5,9H2,2-3H3,(H,17,20)(H,18,19). The Morgan fingerprint density at radius 3 is 2.76 bits per heavy atom. The van der Waals surface area contributed by atoms with E-state index < -0.39 is 12.1 Å². The largest absolute Gasteiger partial charge is 0.478 e. The van der Waals surface area contributed by atoms with Gasteiger partial charge in [0.1, 0.15) is 6.61 Å². The molecule has 0 aromatic heterocycles. The van der Waals surface area contributed by atoms with Crippen LogP contribution in [-0.2, 0) is 4.74 Å². The summed E-state index contributed by atoms with van der Waals surface area (Å²) in [5.74, 6) is -0.848. The number of alkyl carbamates (subject to hydrolysis) is 1. The minimum Gasteiger partial charge on any atom is -0.478 e. The van der Waals surface area contributed by atoms with E-state index in [1.165, 1.54) is 12.1 Å². The van der Waals surface area contributed by atoms with Gasteiger partial charge in [0.15, 0.2) is 0 Å². The second-order valence-electron chi connectivity index (χ2n) is 4.83. The van der Waals surface area contributed by atoms with Crippen molar-refractivity contribution in [2.45, 2.75) is 26.3 Å². The summed E-state index contributed by atoms with van der Waals surface area (Å²) < 4.78 is 4.93. The Balaban J connectivity index is 2.96. The molecule has 5 nitrogen and oxygen atoms in total. The summed E-state index contributed by atoms with van der Waals surface area (Å²) in [4.78, 5) is 22.8. The number of nitrogens with one attached hydrogen (secondary N) is 1. The highest BCUT2D eigenvalue weighted by molar-refractivity contribution is 5.87. The molecule has 2 N–H and O–H groups in total. The fourth-order valence-electron chi connectivity index (χ4n) is 1.96. The molecule has 0 aliphatic heterocycles. The smallest absolute Gasteiger partial charge is 0.407 e. The number of hydrogen-bond acceptors (Lipinski definition) is 3. The third-order valence-electron chi connectivity index (χ3n) is 3.31. The molecule has 1 rings (SSSR count). The lowest BCUT2D eigenvalue weighted by atomic mass is 9.91. The lowest BCUT2D eigenvalue weighted by molar-refractivity contribution is 0.0696. The summed E-state index contributed by atoms with van der Waals surface area (Å²) in [7, 11) is 0. The fourth-order valence-corrected chi connectivity index (χ4v) is 1.96. The van der Waals surface area contributed by atoms with Gasteiger partial charge in [0.05, 0.1) is 11.6 Å². The third kappa shape index (κ3) is 4.95. The van der Waals surface area contributed by atoms with Crippen LogP contribution in [0, 0.1) is 5.92 Å². The van der Waals surface area contributed by atoms with Gasteiger partial charge in [-0.2, -0.15) is 0 Å². The van der Waals surface area contributed by atoms with E-state index in [1.807, 2.05) is 13.8 Å². The Hall–Kier alpha value is -2.30. The second kappa shape index (κ2) is 8.09. The summed E-state index contributed by atoms with van der Waals surface area (Å²) in [6.45, 7) is 7.62. The maximum absolute atomic E-state index is 11.7. The molecule has 21 heavy (non-hydrogen) atoms. The van der Waals surface area contributed by atoms with Crippen molar-refractivity contribution in [2.24, 2.45) is 5.92 Å². The van der Waals surface area contributed by atoms with Crippen molar-refractivity contribution < 1.29 is 19.4 Å². The molecule has 0 spiro atoms. The quantitative estimate of drug-likeness (QED) is 0.755. The molecule has 0 aliphatic carbocycles. The lowest BCUT2D eigenvalue weighted by Gasteiger charge is -2.24. The van der Waals surface area contributed by atoms with Crippen LogP contribution in [0.3, 0.4) is 0 Å². The van der Waals surface area contributed by atoms with Crippen molar-refractivity contribution in [3.8, 4) is 0 Å². The van der Waals surface area contributed by atoms with Gasteiger partial charge < -0.3 is 15.2 Å². The summed E-state index contributed by atoms with van der Waals surface area (Å²) in [6, 6.07) is 6.27. The first-order valence-corrected chi connectivity index (χ1v) is 6.87. The first-order valence-electron chi connectivity index (χ1n) is 6.87. The predicted molar refractivity (Wildman–Crippen MR) is 80.3 cm³/mol. The number of carboxylic acid groups (broad SMARTS) is 1. The molecule has 0 saturated carbocycles. The molecule has 1 aromatic carbocycles. The highest BCUT2D eigenvalue weighted by Crippen LogP contribution is 2.25. The molecule has 1 aromatic rings. The number of carboxylic acids is 1. The van der Waals surface area contributed by atoms with Crippen LogP contribution >= 0.6 is 0 Å². The monoisotopic (exact) mass is 291 g/mol. The minimum absolute atomic E-state index is 0.133. The third-order valence-corrected chi connectivity index (χ3v) is 3.31. The Bertz CT molecular complexity index is 513. The molecular formula is C16H21NO4. The Morgan fingerprint density at radius 2 is 2.19 bits per heavy atom. The zero-order valence-electron chi connectivity index (χ0n) is 12.3. The van der Waals surface area contributed by atoms with Gasteiger partial charge in [-0.3, -0.25) is 0 Å².